The van der Waals surface area contributed by atoms with Gasteiger partial charge in [-0.05, 0) is 37.1 Å². The van der Waals surface area contributed by atoms with E-state index in [1.165, 1.54) is 6.07 Å². The molecule has 0 radical (unpaired) electrons. The highest BCUT2D eigenvalue weighted by molar-refractivity contribution is 6.30. The number of aromatic nitrogens is 4. The summed E-state index contributed by atoms with van der Waals surface area (Å²) in [5, 5.41) is 14.6. The van der Waals surface area contributed by atoms with E-state index in [0.717, 1.165) is 17.0 Å². The fourth-order valence-electron chi connectivity index (χ4n) is 2.79. The average molecular weight is 359 g/mol. The summed E-state index contributed by atoms with van der Waals surface area (Å²) in [4.78, 5) is 11.3. The molecule has 3 aromatic rings. The van der Waals surface area contributed by atoms with Crippen LogP contribution < -0.4 is 10.3 Å². The van der Waals surface area contributed by atoms with E-state index in [1.807, 2.05) is 19.1 Å². The number of benzene rings is 1. The number of nitrogens with one attached hydrogen (secondary N) is 2. The SMILES string of the molecule is Cc1c(Oc2cccc(Cl)c2)n[nH]c1C(c1ccc(=O)[nH]n1)C(C)C. The van der Waals surface area contributed by atoms with Gasteiger partial charge in [0.1, 0.15) is 5.75 Å². The fourth-order valence-corrected chi connectivity index (χ4v) is 2.97. The van der Waals surface area contributed by atoms with Gasteiger partial charge in [0.25, 0.3) is 5.56 Å². The molecule has 0 aliphatic heterocycles. The second-order valence-corrected chi connectivity index (χ2v) is 6.63. The van der Waals surface area contributed by atoms with Crippen molar-refractivity contribution in [2.45, 2.75) is 26.7 Å². The minimum absolute atomic E-state index is 0.0407. The van der Waals surface area contributed by atoms with Gasteiger partial charge in [-0.15, -0.1) is 5.10 Å². The molecule has 0 saturated heterocycles. The number of halogens is 1. The van der Waals surface area contributed by atoms with Crippen molar-refractivity contribution < 1.29 is 4.74 Å². The van der Waals surface area contributed by atoms with Gasteiger partial charge in [-0.25, -0.2) is 5.10 Å². The molecule has 0 aliphatic rings. The fraction of sp³-hybridized carbons (Fsp3) is 0.278. The second-order valence-electron chi connectivity index (χ2n) is 6.19. The van der Waals surface area contributed by atoms with Crippen molar-refractivity contribution in [2.24, 2.45) is 5.92 Å². The van der Waals surface area contributed by atoms with Gasteiger partial charge in [-0.3, -0.25) is 9.89 Å². The minimum atomic E-state index is -0.224. The Morgan fingerprint density at radius 3 is 2.56 bits per heavy atom. The molecule has 0 aliphatic carbocycles. The number of hydrogen-bond donors (Lipinski definition) is 2. The topological polar surface area (TPSA) is 83.7 Å². The summed E-state index contributed by atoms with van der Waals surface area (Å²) < 4.78 is 5.85. The number of aromatic amines is 2. The highest BCUT2D eigenvalue weighted by atomic mass is 35.5. The maximum absolute atomic E-state index is 11.3. The van der Waals surface area contributed by atoms with Crippen molar-refractivity contribution in [3.8, 4) is 11.6 Å². The van der Waals surface area contributed by atoms with Crippen molar-refractivity contribution in [1.82, 2.24) is 20.4 Å². The molecular formula is C18H19ClN4O2. The standard InChI is InChI=1S/C18H19ClN4O2/c1-10(2)16(14-7-8-15(24)21-20-14)17-11(3)18(23-22-17)25-13-6-4-5-12(19)9-13/h4-10,16H,1-3H3,(H,21,24)(H,22,23). The molecule has 0 bridgehead atoms. The lowest BCUT2D eigenvalue weighted by Crippen LogP contribution is -2.16. The van der Waals surface area contributed by atoms with Crippen molar-refractivity contribution in [2.75, 3.05) is 0 Å². The van der Waals surface area contributed by atoms with Crippen LogP contribution in [0.1, 0.15) is 36.7 Å². The maximum Gasteiger partial charge on any atom is 0.264 e. The molecule has 0 spiro atoms. The number of H-pyrrole nitrogens is 2. The molecule has 130 valence electrons. The van der Waals surface area contributed by atoms with Gasteiger partial charge in [0.2, 0.25) is 5.88 Å². The highest BCUT2D eigenvalue weighted by Gasteiger charge is 2.26. The quantitative estimate of drug-likeness (QED) is 0.721. The van der Waals surface area contributed by atoms with E-state index in [2.05, 4.69) is 34.2 Å². The third kappa shape index (κ3) is 3.74. The summed E-state index contributed by atoms with van der Waals surface area (Å²) in [5.74, 6) is 1.32. The van der Waals surface area contributed by atoms with Gasteiger partial charge >= 0.3 is 0 Å². The van der Waals surface area contributed by atoms with Crippen LogP contribution in [-0.2, 0) is 0 Å². The Balaban J connectivity index is 1.95. The minimum Gasteiger partial charge on any atom is -0.437 e. The summed E-state index contributed by atoms with van der Waals surface area (Å²) >= 11 is 6.00. The molecule has 7 heteroatoms. The Kier molecular flexibility index (Phi) is 4.90. The highest BCUT2D eigenvalue weighted by Crippen LogP contribution is 2.35. The number of hydrogen-bond acceptors (Lipinski definition) is 4. The summed E-state index contributed by atoms with van der Waals surface area (Å²) in [7, 11) is 0. The van der Waals surface area contributed by atoms with Gasteiger partial charge in [0.05, 0.1) is 11.4 Å². The predicted octanol–water partition coefficient (Wildman–Crippen LogP) is 4.04. The van der Waals surface area contributed by atoms with E-state index in [0.29, 0.717) is 16.7 Å². The first-order chi connectivity index (χ1) is 12.0. The molecular weight excluding hydrogens is 340 g/mol. The van der Waals surface area contributed by atoms with E-state index in [9.17, 15) is 4.79 Å². The Bertz CT molecular complexity index is 912. The zero-order valence-corrected chi connectivity index (χ0v) is 15.0. The molecule has 6 nitrogen and oxygen atoms in total. The first-order valence-corrected chi connectivity index (χ1v) is 8.37. The smallest absolute Gasteiger partial charge is 0.264 e. The third-order valence-electron chi connectivity index (χ3n) is 4.01. The van der Waals surface area contributed by atoms with Gasteiger partial charge < -0.3 is 4.74 Å². The molecule has 0 saturated carbocycles. The van der Waals surface area contributed by atoms with Crippen molar-refractivity contribution in [1.29, 1.82) is 0 Å². The first-order valence-electron chi connectivity index (χ1n) is 7.99. The van der Waals surface area contributed by atoms with Crippen molar-refractivity contribution in [3.05, 3.63) is 68.7 Å². The van der Waals surface area contributed by atoms with Gasteiger partial charge in [-0.1, -0.05) is 31.5 Å². The lowest BCUT2D eigenvalue weighted by molar-refractivity contribution is 0.458. The molecule has 1 aromatic carbocycles. The monoisotopic (exact) mass is 358 g/mol. The van der Waals surface area contributed by atoms with E-state index in [1.54, 1.807) is 18.2 Å². The molecule has 2 aromatic heterocycles. The molecule has 3 rings (SSSR count). The maximum atomic E-state index is 11.3. The van der Waals surface area contributed by atoms with Gasteiger partial charge in [0.15, 0.2) is 0 Å². The second kappa shape index (κ2) is 7.11. The number of ether oxygens (including phenoxy) is 1. The Hall–Kier alpha value is -2.60. The predicted molar refractivity (Wildman–Crippen MR) is 96.4 cm³/mol. The summed E-state index contributed by atoms with van der Waals surface area (Å²) in [6, 6.07) is 10.4. The van der Waals surface area contributed by atoms with Crippen LogP contribution >= 0.6 is 11.6 Å². The van der Waals surface area contributed by atoms with E-state index in [4.69, 9.17) is 16.3 Å². The van der Waals surface area contributed by atoms with Crippen LogP contribution in [0.5, 0.6) is 11.6 Å². The largest absolute Gasteiger partial charge is 0.437 e. The van der Waals surface area contributed by atoms with Crippen LogP contribution in [0.15, 0.2) is 41.2 Å². The molecule has 2 heterocycles. The lowest BCUT2D eigenvalue weighted by Gasteiger charge is -2.19. The molecule has 0 fully saturated rings. The Morgan fingerprint density at radius 2 is 1.92 bits per heavy atom. The molecule has 0 amide bonds. The van der Waals surface area contributed by atoms with E-state index < -0.39 is 0 Å². The zero-order chi connectivity index (χ0) is 18.0. The zero-order valence-electron chi connectivity index (χ0n) is 14.2. The summed E-state index contributed by atoms with van der Waals surface area (Å²) in [6.45, 7) is 6.13. The van der Waals surface area contributed by atoms with Crippen LogP contribution in [-0.4, -0.2) is 20.4 Å². The van der Waals surface area contributed by atoms with E-state index in [-0.39, 0.29) is 17.4 Å². The van der Waals surface area contributed by atoms with Crippen LogP contribution in [0.2, 0.25) is 5.02 Å². The molecule has 1 atom stereocenters. The third-order valence-corrected chi connectivity index (χ3v) is 4.25. The first kappa shape index (κ1) is 17.2. The van der Waals surface area contributed by atoms with Crippen LogP contribution in [0.3, 0.4) is 0 Å². The molecule has 25 heavy (non-hydrogen) atoms. The Morgan fingerprint density at radius 1 is 1.12 bits per heavy atom. The van der Waals surface area contributed by atoms with Crippen molar-refractivity contribution in [3.63, 3.8) is 0 Å². The number of nitrogens with zero attached hydrogens (tertiary/aromatic N) is 2. The Labute approximate surface area is 150 Å². The molecule has 2 N–H and O–H groups in total. The van der Waals surface area contributed by atoms with E-state index >= 15 is 0 Å². The number of rotatable bonds is 5. The lowest BCUT2D eigenvalue weighted by atomic mass is 9.87. The van der Waals surface area contributed by atoms with Crippen LogP contribution in [0.4, 0.5) is 0 Å². The van der Waals surface area contributed by atoms with Crippen molar-refractivity contribution >= 4 is 11.6 Å². The van der Waals surface area contributed by atoms with Crippen LogP contribution in [0.25, 0.3) is 0 Å². The molecule has 1 unspecified atom stereocenters. The van der Waals surface area contributed by atoms with Gasteiger partial charge in [-0.2, -0.15) is 5.10 Å². The normalized spacial score (nSPS) is 12.4. The summed E-state index contributed by atoms with van der Waals surface area (Å²) in [5.41, 5.74) is 2.35. The van der Waals surface area contributed by atoms with Crippen LogP contribution in [0, 0.1) is 12.8 Å². The summed E-state index contributed by atoms with van der Waals surface area (Å²) in [6.07, 6.45) is 0. The van der Waals surface area contributed by atoms with Gasteiger partial charge in [0, 0.05) is 22.6 Å². The average Bonchev–Trinajstić information content (AvgIpc) is 2.90.